The van der Waals surface area contributed by atoms with Crippen LogP contribution >= 0.6 is 0 Å². The second-order valence-corrected chi connectivity index (χ2v) is 6.64. The van der Waals surface area contributed by atoms with Gasteiger partial charge in [-0.2, -0.15) is 0 Å². The molecule has 0 fully saturated rings. The zero-order chi connectivity index (χ0) is 15.7. The number of aryl methyl sites for hydroxylation is 1. The third kappa shape index (κ3) is 2.89. The number of hydrogen-bond donors (Lipinski definition) is 1. The Bertz CT molecular complexity index is 822. The molecule has 1 N–H and O–H groups in total. The molecule has 1 aliphatic rings. The summed E-state index contributed by atoms with van der Waals surface area (Å²) in [5.41, 5.74) is 0.785. The molecule has 2 aromatic carbocycles. The number of nitrogens with one attached hydrogen (secondary N) is 1. The Hall–Kier alpha value is -2.15. The average molecular weight is 325 g/mol. The maximum atomic E-state index is 13.2. The van der Waals surface area contributed by atoms with Crippen molar-refractivity contribution in [1.82, 2.24) is 0 Å². The molecule has 0 aromatic heterocycles. The van der Waals surface area contributed by atoms with Gasteiger partial charge < -0.3 is 4.74 Å². The van der Waals surface area contributed by atoms with Crippen molar-refractivity contribution in [3.63, 3.8) is 0 Å². The number of fused-ring (bicyclic) bond motifs is 1. The zero-order valence-corrected chi connectivity index (χ0v) is 12.3. The summed E-state index contributed by atoms with van der Waals surface area (Å²) >= 11 is 0. The first-order valence-corrected chi connectivity index (χ1v) is 8.18. The quantitative estimate of drug-likeness (QED) is 0.943. The summed E-state index contributed by atoms with van der Waals surface area (Å²) in [5, 5.41) is 0. The molecule has 0 saturated carbocycles. The van der Waals surface area contributed by atoms with Gasteiger partial charge in [0.1, 0.15) is 5.75 Å². The standard InChI is InChI=1S/C15H13F2NO3S/c16-13-5-3-11(9-14(13)17)18-22(19,20)12-4-6-15-10(8-12)2-1-7-21-15/h3-6,8-9,18H,1-2,7H2. The molecule has 2 aromatic rings. The highest BCUT2D eigenvalue weighted by molar-refractivity contribution is 7.92. The number of sulfonamides is 1. The maximum absolute atomic E-state index is 13.2. The van der Waals surface area contributed by atoms with Crippen molar-refractivity contribution >= 4 is 15.7 Å². The first kappa shape index (κ1) is 14.8. The van der Waals surface area contributed by atoms with Crippen LogP contribution in [0.1, 0.15) is 12.0 Å². The van der Waals surface area contributed by atoms with Crippen LogP contribution in [0.2, 0.25) is 0 Å². The number of halogens is 2. The highest BCUT2D eigenvalue weighted by atomic mass is 32.2. The fourth-order valence-corrected chi connectivity index (χ4v) is 3.38. The molecule has 116 valence electrons. The molecule has 1 aliphatic heterocycles. The van der Waals surface area contributed by atoms with Gasteiger partial charge >= 0.3 is 0 Å². The van der Waals surface area contributed by atoms with E-state index in [1.165, 1.54) is 12.1 Å². The van der Waals surface area contributed by atoms with Crippen LogP contribution in [0.15, 0.2) is 41.3 Å². The minimum absolute atomic E-state index is 0.0344. The number of benzene rings is 2. The lowest BCUT2D eigenvalue weighted by Gasteiger charge is -2.18. The van der Waals surface area contributed by atoms with Gasteiger partial charge in [-0.3, -0.25) is 4.72 Å². The molecular weight excluding hydrogens is 312 g/mol. The highest BCUT2D eigenvalue weighted by Gasteiger charge is 2.19. The third-order valence-corrected chi connectivity index (χ3v) is 4.74. The van der Waals surface area contributed by atoms with Crippen LogP contribution in [0.5, 0.6) is 5.75 Å². The molecule has 0 unspecified atom stereocenters. The monoisotopic (exact) mass is 325 g/mol. The predicted molar refractivity (Wildman–Crippen MR) is 77.4 cm³/mol. The molecule has 1 heterocycles. The van der Waals surface area contributed by atoms with E-state index >= 15 is 0 Å². The molecule has 0 amide bonds. The second-order valence-electron chi connectivity index (χ2n) is 4.96. The summed E-state index contributed by atoms with van der Waals surface area (Å²) in [6.45, 7) is 0.617. The molecule has 0 bridgehead atoms. The molecule has 3 rings (SSSR count). The van der Waals surface area contributed by atoms with Gasteiger partial charge in [0.25, 0.3) is 10.0 Å². The third-order valence-electron chi connectivity index (χ3n) is 3.36. The summed E-state index contributed by atoms with van der Waals surface area (Å²) < 4.78 is 58.3. The van der Waals surface area contributed by atoms with Gasteiger partial charge in [-0.25, -0.2) is 17.2 Å². The SMILES string of the molecule is O=S(=O)(Nc1ccc(F)c(F)c1)c1ccc2c(c1)CCCO2. The molecule has 4 nitrogen and oxygen atoms in total. The van der Waals surface area contributed by atoms with Crippen molar-refractivity contribution in [2.75, 3.05) is 11.3 Å². The Kier molecular flexibility index (Phi) is 3.74. The van der Waals surface area contributed by atoms with E-state index in [0.717, 1.165) is 36.6 Å². The largest absolute Gasteiger partial charge is 0.493 e. The minimum atomic E-state index is -3.87. The van der Waals surface area contributed by atoms with Gasteiger partial charge in [-0.05, 0) is 48.7 Å². The van der Waals surface area contributed by atoms with E-state index in [2.05, 4.69) is 4.72 Å². The minimum Gasteiger partial charge on any atom is -0.493 e. The molecule has 7 heteroatoms. The Labute approximate surface area is 126 Å². The Morgan fingerprint density at radius 3 is 2.64 bits per heavy atom. The molecule has 0 spiro atoms. The number of ether oxygens (including phenoxy) is 1. The van der Waals surface area contributed by atoms with E-state index in [4.69, 9.17) is 4.74 Å². The first-order valence-electron chi connectivity index (χ1n) is 6.69. The van der Waals surface area contributed by atoms with Crippen LogP contribution in [0.3, 0.4) is 0 Å². The van der Waals surface area contributed by atoms with Crippen LogP contribution in [0.25, 0.3) is 0 Å². The van der Waals surface area contributed by atoms with Crippen molar-refractivity contribution in [1.29, 1.82) is 0 Å². The number of rotatable bonds is 3. The van der Waals surface area contributed by atoms with Gasteiger partial charge in [0, 0.05) is 6.07 Å². The predicted octanol–water partition coefficient (Wildman–Crippen LogP) is 3.09. The van der Waals surface area contributed by atoms with Crippen LogP contribution < -0.4 is 9.46 Å². The normalized spacial score (nSPS) is 14.1. The van der Waals surface area contributed by atoms with Gasteiger partial charge in [0.2, 0.25) is 0 Å². The average Bonchev–Trinajstić information content (AvgIpc) is 2.50. The van der Waals surface area contributed by atoms with Crippen LogP contribution in [-0.2, 0) is 16.4 Å². The van der Waals surface area contributed by atoms with Crippen molar-refractivity contribution in [2.45, 2.75) is 17.7 Å². The zero-order valence-electron chi connectivity index (χ0n) is 11.5. The van der Waals surface area contributed by atoms with Gasteiger partial charge in [-0.1, -0.05) is 0 Å². The second kappa shape index (κ2) is 5.57. The smallest absolute Gasteiger partial charge is 0.261 e. The molecule has 0 saturated heterocycles. The van der Waals surface area contributed by atoms with Crippen LogP contribution in [0, 0.1) is 11.6 Å². The lowest BCUT2D eigenvalue weighted by molar-refractivity contribution is 0.288. The first-order chi connectivity index (χ1) is 10.5. The lowest BCUT2D eigenvalue weighted by Crippen LogP contribution is -2.15. The molecule has 22 heavy (non-hydrogen) atoms. The van der Waals surface area contributed by atoms with E-state index in [1.54, 1.807) is 6.07 Å². The molecule has 0 aliphatic carbocycles. The van der Waals surface area contributed by atoms with Crippen molar-refractivity contribution in [3.05, 3.63) is 53.6 Å². The van der Waals surface area contributed by atoms with Crippen molar-refractivity contribution < 1.29 is 21.9 Å². The maximum Gasteiger partial charge on any atom is 0.261 e. The summed E-state index contributed by atoms with van der Waals surface area (Å²) in [6, 6.07) is 7.40. The molecular formula is C15H13F2NO3S. The fraction of sp³-hybridized carbons (Fsp3) is 0.200. The molecule has 0 atom stereocenters. The Morgan fingerprint density at radius 2 is 1.86 bits per heavy atom. The summed E-state index contributed by atoms with van der Waals surface area (Å²) in [6.07, 6.45) is 1.57. The lowest BCUT2D eigenvalue weighted by atomic mass is 10.1. The van der Waals surface area contributed by atoms with Crippen LogP contribution in [-0.4, -0.2) is 15.0 Å². The summed E-state index contributed by atoms with van der Waals surface area (Å²) in [5.74, 6) is -1.47. The fourth-order valence-electron chi connectivity index (χ4n) is 2.28. The molecule has 0 radical (unpaired) electrons. The van der Waals surface area contributed by atoms with Gasteiger partial charge in [0.05, 0.1) is 17.2 Å². The Morgan fingerprint density at radius 1 is 1.05 bits per heavy atom. The van der Waals surface area contributed by atoms with E-state index in [-0.39, 0.29) is 10.6 Å². The topological polar surface area (TPSA) is 55.4 Å². The van der Waals surface area contributed by atoms with E-state index < -0.39 is 21.7 Å². The van der Waals surface area contributed by atoms with Crippen molar-refractivity contribution in [2.24, 2.45) is 0 Å². The number of hydrogen-bond acceptors (Lipinski definition) is 3. The van der Waals surface area contributed by atoms with Gasteiger partial charge in [0.15, 0.2) is 11.6 Å². The van der Waals surface area contributed by atoms with Crippen molar-refractivity contribution in [3.8, 4) is 5.75 Å². The van der Waals surface area contributed by atoms with E-state index in [0.29, 0.717) is 12.4 Å². The van der Waals surface area contributed by atoms with E-state index in [9.17, 15) is 17.2 Å². The summed E-state index contributed by atoms with van der Waals surface area (Å²) in [4.78, 5) is 0.0569. The van der Waals surface area contributed by atoms with Crippen LogP contribution in [0.4, 0.5) is 14.5 Å². The Balaban J connectivity index is 1.90. The summed E-state index contributed by atoms with van der Waals surface area (Å²) in [7, 11) is -3.87. The highest BCUT2D eigenvalue weighted by Crippen LogP contribution is 2.28. The number of anilines is 1. The van der Waals surface area contributed by atoms with E-state index in [1.807, 2.05) is 0 Å². The van der Waals surface area contributed by atoms with Gasteiger partial charge in [-0.15, -0.1) is 0 Å².